The Bertz CT molecular complexity index is 2040. The topological polar surface area (TPSA) is 38.9 Å². The second-order valence-corrected chi connectivity index (χ2v) is 10.9. The van der Waals surface area contributed by atoms with Crippen LogP contribution >= 0.6 is 0 Å². The third kappa shape index (κ3) is 6.26. The van der Waals surface area contributed by atoms with Crippen molar-refractivity contribution in [3.05, 3.63) is 144 Å². The Hall–Kier alpha value is -4.44. The second-order valence-electron chi connectivity index (χ2n) is 10.9. The van der Waals surface area contributed by atoms with Crippen LogP contribution in [-0.2, 0) is 20.1 Å². The Kier molecular flexibility index (Phi) is 9.49. The molecule has 0 atom stereocenters. The molecule has 4 aromatic carbocycles. The first kappa shape index (κ1) is 31.0. The smallest absolute Gasteiger partial charge is 0.134 e. The molecule has 3 heterocycles. The maximum absolute atomic E-state index is 14.7. The van der Waals surface area contributed by atoms with E-state index < -0.39 is 0 Å². The first-order valence-corrected chi connectivity index (χ1v) is 14.4. The molecular formula is C39H31FIrN2O-2. The molecule has 0 unspecified atom stereocenters. The number of fused-ring (bicyclic) bond motifs is 3. The molecule has 0 spiro atoms. The standard InChI is InChI=1S/C24H15FNO.C15H16N.Ir/c1-15-12-13-26-21(14-15)19-9-5-8-17-18-10-11-20(25)22(24(18)27-23(17)19)16-6-3-2-4-7-16;1-11(2)14-9-15(16-10-12(14)3)13-7-5-4-6-8-13;/h2-8,10-14H,1H3;4-7,9-11H,1-3H3;/q2*-1;. The van der Waals surface area contributed by atoms with Crippen molar-refractivity contribution in [3.8, 4) is 33.6 Å². The number of halogens is 1. The number of aromatic nitrogens is 2. The molecule has 7 aromatic rings. The van der Waals surface area contributed by atoms with Crippen molar-refractivity contribution in [2.24, 2.45) is 0 Å². The first-order valence-electron chi connectivity index (χ1n) is 14.4. The van der Waals surface area contributed by atoms with Gasteiger partial charge in [-0.15, -0.1) is 54.1 Å². The van der Waals surface area contributed by atoms with E-state index in [1.165, 1.54) is 17.2 Å². The van der Waals surface area contributed by atoms with Crippen molar-refractivity contribution >= 4 is 21.9 Å². The van der Waals surface area contributed by atoms with Crippen molar-refractivity contribution in [2.75, 3.05) is 0 Å². The summed E-state index contributed by atoms with van der Waals surface area (Å²) in [7, 11) is 0. The van der Waals surface area contributed by atoms with Gasteiger partial charge in [0.05, 0.1) is 11.1 Å². The van der Waals surface area contributed by atoms with Crippen molar-refractivity contribution in [1.29, 1.82) is 0 Å². The molecule has 221 valence electrons. The van der Waals surface area contributed by atoms with Gasteiger partial charge in [-0.25, -0.2) is 4.39 Å². The van der Waals surface area contributed by atoms with Crippen LogP contribution in [0.5, 0.6) is 0 Å². The van der Waals surface area contributed by atoms with Gasteiger partial charge in [-0.1, -0.05) is 72.8 Å². The summed E-state index contributed by atoms with van der Waals surface area (Å²) in [5, 5.41) is 1.81. The number of rotatable bonds is 4. The van der Waals surface area contributed by atoms with Gasteiger partial charge < -0.3 is 14.4 Å². The first-order chi connectivity index (χ1) is 20.9. The van der Waals surface area contributed by atoms with Crippen LogP contribution in [0.25, 0.3) is 55.6 Å². The van der Waals surface area contributed by atoms with Crippen LogP contribution in [-0.4, -0.2) is 9.97 Å². The van der Waals surface area contributed by atoms with Gasteiger partial charge in [-0.3, -0.25) is 0 Å². The average Bonchev–Trinajstić information content (AvgIpc) is 3.41. The van der Waals surface area contributed by atoms with Gasteiger partial charge >= 0.3 is 0 Å². The SMILES string of the molecule is Cc1ccnc(-c2[c-]ccc3c2oc2c(-c4ccccc4)c(F)ccc23)c1.Cc1cnc(-c2[c-]cccc2)cc1C(C)C.[Ir]. The van der Waals surface area contributed by atoms with Crippen molar-refractivity contribution < 1.29 is 28.9 Å². The van der Waals surface area contributed by atoms with Crippen LogP contribution in [0, 0.1) is 31.8 Å². The second kappa shape index (κ2) is 13.5. The van der Waals surface area contributed by atoms with E-state index in [2.05, 4.69) is 48.9 Å². The van der Waals surface area contributed by atoms with E-state index in [1.807, 2.05) is 92.0 Å². The van der Waals surface area contributed by atoms with E-state index in [0.717, 1.165) is 44.4 Å². The number of aryl methyl sites for hydroxylation is 2. The zero-order chi connectivity index (χ0) is 29.9. The molecule has 1 radical (unpaired) electrons. The molecule has 0 aliphatic heterocycles. The third-order valence-electron chi connectivity index (χ3n) is 7.54. The van der Waals surface area contributed by atoms with E-state index in [9.17, 15) is 4.39 Å². The van der Waals surface area contributed by atoms with Gasteiger partial charge in [-0.05, 0) is 66.0 Å². The Morgan fingerprint density at radius 2 is 1.52 bits per heavy atom. The molecule has 0 saturated heterocycles. The number of hydrogen-bond donors (Lipinski definition) is 0. The fourth-order valence-corrected chi connectivity index (χ4v) is 5.38. The van der Waals surface area contributed by atoms with Crippen LogP contribution in [0.3, 0.4) is 0 Å². The quantitative estimate of drug-likeness (QED) is 0.168. The van der Waals surface area contributed by atoms with E-state index >= 15 is 0 Å². The van der Waals surface area contributed by atoms with Crippen LogP contribution < -0.4 is 0 Å². The van der Waals surface area contributed by atoms with Gasteiger partial charge in [-0.2, -0.15) is 0 Å². The zero-order valence-electron chi connectivity index (χ0n) is 25.0. The minimum absolute atomic E-state index is 0. The molecule has 0 N–H and O–H groups in total. The molecule has 0 fully saturated rings. The fraction of sp³-hybridized carbons (Fsp3) is 0.128. The molecule has 0 saturated carbocycles. The molecule has 0 amide bonds. The van der Waals surface area contributed by atoms with Gasteiger partial charge in [0, 0.05) is 37.9 Å². The molecule has 3 aromatic heterocycles. The van der Waals surface area contributed by atoms with Gasteiger partial charge in [0.15, 0.2) is 0 Å². The number of furan rings is 1. The van der Waals surface area contributed by atoms with Crippen LogP contribution in [0.2, 0.25) is 0 Å². The molecule has 0 aliphatic rings. The van der Waals surface area contributed by atoms with Crippen molar-refractivity contribution in [1.82, 2.24) is 9.97 Å². The molecule has 7 rings (SSSR count). The Labute approximate surface area is 271 Å². The predicted molar refractivity (Wildman–Crippen MR) is 173 cm³/mol. The molecule has 5 heteroatoms. The summed E-state index contributed by atoms with van der Waals surface area (Å²) >= 11 is 0. The molecule has 3 nitrogen and oxygen atoms in total. The van der Waals surface area contributed by atoms with E-state index in [0.29, 0.717) is 22.6 Å². The summed E-state index contributed by atoms with van der Waals surface area (Å²) in [6.07, 6.45) is 3.72. The molecule has 44 heavy (non-hydrogen) atoms. The Morgan fingerprint density at radius 1 is 0.750 bits per heavy atom. The van der Waals surface area contributed by atoms with E-state index in [1.54, 1.807) is 12.3 Å². The maximum atomic E-state index is 14.7. The Morgan fingerprint density at radius 3 is 2.25 bits per heavy atom. The molecule has 0 aliphatic carbocycles. The molecule has 0 bridgehead atoms. The van der Waals surface area contributed by atoms with E-state index in [4.69, 9.17) is 4.42 Å². The van der Waals surface area contributed by atoms with Crippen LogP contribution in [0.4, 0.5) is 4.39 Å². The van der Waals surface area contributed by atoms with Crippen LogP contribution in [0.1, 0.15) is 36.5 Å². The summed E-state index contributed by atoms with van der Waals surface area (Å²) < 4.78 is 21.0. The van der Waals surface area contributed by atoms with Gasteiger partial charge in [0.1, 0.15) is 11.4 Å². The summed E-state index contributed by atoms with van der Waals surface area (Å²) in [6, 6.07) is 37.1. The van der Waals surface area contributed by atoms with Crippen molar-refractivity contribution in [2.45, 2.75) is 33.6 Å². The number of pyridine rings is 2. The average molecular weight is 755 g/mol. The largest absolute Gasteiger partial charge is 0.500 e. The van der Waals surface area contributed by atoms with E-state index in [-0.39, 0.29) is 25.9 Å². The summed E-state index contributed by atoms with van der Waals surface area (Å²) in [5.41, 5.74) is 9.87. The monoisotopic (exact) mass is 755 g/mol. The predicted octanol–water partition coefficient (Wildman–Crippen LogP) is 10.5. The normalized spacial score (nSPS) is 10.9. The fourth-order valence-electron chi connectivity index (χ4n) is 5.38. The van der Waals surface area contributed by atoms with Gasteiger partial charge in [0.25, 0.3) is 0 Å². The Balaban J connectivity index is 0.000000194. The number of nitrogens with zero attached hydrogens (tertiary/aromatic N) is 2. The van der Waals surface area contributed by atoms with Gasteiger partial charge in [0.2, 0.25) is 0 Å². The zero-order valence-corrected chi connectivity index (χ0v) is 27.4. The summed E-state index contributed by atoms with van der Waals surface area (Å²) in [6.45, 7) is 8.55. The minimum Gasteiger partial charge on any atom is -0.500 e. The number of benzene rings is 4. The minimum atomic E-state index is -0.299. The maximum Gasteiger partial charge on any atom is 0.134 e. The number of hydrogen-bond acceptors (Lipinski definition) is 3. The summed E-state index contributed by atoms with van der Waals surface area (Å²) in [5.74, 6) is 0.234. The summed E-state index contributed by atoms with van der Waals surface area (Å²) in [4.78, 5) is 8.92. The van der Waals surface area contributed by atoms with Crippen molar-refractivity contribution in [3.63, 3.8) is 0 Å². The third-order valence-corrected chi connectivity index (χ3v) is 7.54. The molecular weight excluding hydrogens is 724 g/mol. The van der Waals surface area contributed by atoms with Crippen LogP contribution in [0.15, 0.2) is 114 Å².